The van der Waals surface area contributed by atoms with Crippen LogP contribution >= 0.6 is 0 Å². The van der Waals surface area contributed by atoms with Gasteiger partial charge in [0.15, 0.2) is 0 Å². The quantitative estimate of drug-likeness (QED) is 0.621. The van der Waals surface area contributed by atoms with Crippen molar-refractivity contribution in [1.82, 2.24) is 0 Å². The Morgan fingerprint density at radius 2 is 1.80 bits per heavy atom. The van der Waals surface area contributed by atoms with Gasteiger partial charge < -0.3 is 0 Å². The van der Waals surface area contributed by atoms with Gasteiger partial charge in [0, 0.05) is 0 Å². The molecule has 2 bridgehead atoms. The SMILES string of the molecule is CCCC1CC23CC(C)(CCC)C1(C2)C3. The van der Waals surface area contributed by atoms with Crippen LogP contribution in [0.15, 0.2) is 0 Å². The van der Waals surface area contributed by atoms with Crippen LogP contribution in [0.2, 0.25) is 0 Å². The normalized spacial score (nSPS) is 55.8. The summed E-state index contributed by atoms with van der Waals surface area (Å²) in [6.07, 6.45) is 12.2. The Hall–Kier alpha value is 0. The summed E-state index contributed by atoms with van der Waals surface area (Å²) in [6.45, 7) is 7.36. The summed E-state index contributed by atoms with van der Waals surface area (Å²) in [5.41, 5.74) is 2.41. The van der Waals surface area contributed by atoms with Crippen LogP contribution in [0, 0.1) is 22.2 Å². The summed E-state index contributed by atoms with van der Waals surface area (Å²) >= 11 is 0. The molecule has 5 aliphatic carbocycles. The summed E-state index contributed by atoms with van der Waals surface area (Å²) in [5.74, 6) is 1.10. The number of rotatable bonds is 4. The molecular weight excluding hydrogens is 180 g/mol. The third kappa shape index (κ3) is 0.996. The summed E-state index contributed by atoms with van der Waals surface area (Å²) in [4.78, 5) is 0. The molecule has 5 rings (SSSR count). The highest BCUT2D eigenvalue weighted by Gasteiger charge is 2.77. The Morgan fingerprint density at radius 1 is 1.07 bits per heavy atom. The molecule has 15 heavy (non-hydrogen) atoms. The molecule has 0 radical (unpaired) electrons. The van der Waals surface area contributed by atoms with E-state index in [2.05, 4.69) is 20.8 Å². The van der Waals surface area contributed by atoms with Crippen molar-refractivity contribution in [2.75, 3.05) is 0 Å². The first-order valence-corrected chi connectivity index (χ1v) is 7.10. The Morgan fingerprint density at radius 3 is 2.33 bits per heavy atom. The van der Waals surface area contributed by atoms with Gasteiger partial charge >= 0.3 is 0 Å². The number of hydrogen-bond acceptors (Lipinski definition) is 0. The van der Waals surface area contributed by atoms with E-state index >= 15 is 0 Å². The predicted octanol–water partition coefficient (Wildman–Crippen LogP) is 4.78. The Kier molecular flexibility index (Phi) is 1.91. The molecule has 2 atom stereocenters. The lowest BCUT2D eigenvalue weighted by Crippen LogP contribution is -2.39. The number of fused-ring (bicyclic) bond motifs is 2. The highest BCUT2D eigenvalue weighted by molar-refractivity contribution is 5.27. The van der Waals surface area contributed by atoms with Crippen LogP contribution in [0.25, 0.3) is 0 Å². The smallest absolute Gasteiger partial charge is 0.0204 e. The van der Waals surface area contributed by atoms with Crippen molar-refractivity contribution < 1.29 is 0 Å². The van der Waals surface area contributed by atoms with Crippen LogP contribution in [0.3, 0.4) is 0 Å². The summed E-state index contributed by atoms with van der Waals surface area (Å²) in [7, 11) is 0. The highest BCUT2D eigenvalue weighted by atomic mass is 14.8. The molecule has 5 aliphatic rings. The lowest BCUT2D eigenvalue weighted by Gasteiger charge is -2.47. The van der Waals surface area contributed by atoms with Crippen LogP contribution in [0.1, 0.15) is 72.1 Å². The predicted molar refractivity (Wildman–Crippen MR) is 64.7 cm³/mol. The summed E-state index contributed by atoms with van der Waals surface area (Å²) < 4.78 is 0. The topological polar surface area (TPSA) is 0 Å². The third-order valence-corrected chi connectivity index (χ3v) is 6.25. The third-order valence-electron chi connectivity index (χ3n) is 6.25. The standard InChI is InChI=1S/C15H26/c1-4-6-12-8-14-9-13(3,7-5-2)15(12,10-14)11-14/h12H,4-11H2,1-3H3. The van der Waals surface area contributed by atoms with Gasteiger partial charge in [0.2, 0.25) is 0 Å². The summed E-state index contributed by atoms with van der Waals surface area (Å²) in [5, 5.41) is 0. The highest BCUT2D eigenvalue weighted by Crippen LogP contribution is 2.87. The maximum absolute atomic E-state index is 2.62. The molecule has 5 fully saturated rings. The lowest BCUT2D eigenvalue weighted by molar-refractivity contribution is 0.0172. The molecule has 0 aromatic rings. The maximum Gasteiger partial charge on any atom is -0.0204 e. The van der Waals surface area contributed by atoms with Gasteiger partial charge in [0.05, 0.1) is 0 Å². The zero-order chi connectivity index (χ0) is 10.7. The van der Waals surface area contributed by atoms with Gasteiger partial charge in [-0.15, -0.1) is 0 Å². The molecule has 5 saturated carbocycles. The van der Waals surface area contributed by atoms with Gasteiger partial charge in [0.25, 0.3) is 0 Å². The van der Waals surface area contributed by atoms with Crippen molar-refractivity contribution in [3.05, 3.63) is 0 Å². The van der Waals surface area contributed by atoms with Gasteiger partial charge in [-0.3, -0.25) is 0 Å². The molecule has 0 aromatic heterocycles. The van der Waals surface area contributed by atoms with E-state index < -0.39 is 0 Å². The van der Waals surface area contributed by atoms with Gasteiger partial charge in [0.1, 0.15) is 0 Å². The van der Waals surface area contributed by atoms with E-state index in [1.54, 1.807) is 25.7 Å². The second-order valence-electron chi connectivity index (χ2n) is 7.19. The van der Waals surface area contributed by atoms with Crippen molar-refractivity contribution in [1.29, 1.82) is 0 Å². The molecule has 0 heterocycles. The van der Waals surface area contributed by atoms with Gasteiger partial charge in [-0.25, -0.2) is 0 Å². The molecule has 0 amide bonds. The summed E-state index contributed by atoms with van der Waals surface area (Å²) in [6, 6.07) is 0. The van der Waals surface area contributed by atoms with Crippen LogP contribution in [0.5, 0.6) is 0 Å². The van der Waals surface area contributed by atoms with Crippen LogP contribution in [-0.2, 0) is 0 Å². The lowest BCUT2D eigenvalue weighted by atomic mass is 9.57. The minimum Gasteiger partial charge on any atom is -0.0654 e. The minimum absolute atomic E-state index is 0.736. The van der Waals surface area contributed by atoms with Gasteiger partial charge in [-0.2, -0.15) is 0 Å². The zero-order valence-electron chi connectivity index (χ0n) is 10.7. The van der Waals surface area contributed by atoms with E-state index in [9.17, 15) is 0 Å². The van der Waals surface area contributed by atoms with Crippen molar-refractivity contribution in [2.45, 2.75) is 72.1 Å². The van der Waals surface area contributed by atoms with Gasteiger partial charge in [-0.05, 0) is 54.3 Å². The fourth-order valence-electron chi connectivity index (χ4n) is 6.17. The van der Waals surface area contributed by atoms with Crippen LogP contribution in [0.4, 0.5) is 0 Å². The fourth-order valence-corrected chi connectivity index (χ4v) is 6.17. The van der Waals surface area contributed by atoms with E-state index in [-0.39, 0.29) is 0 Å². The van der Waals surface area contributed by atoms with Gasteiger partial charge in [-0.1, -0.05) is 40.0 Å². The molecule has 0 saturated heterocycles. The van der Waals surface area contributed by atoms with Crippen molar-refractivity contribution >= 4 is 0 Å². The molecule has 86 valence electrons. The molecule has 0 N–H and O–H groups in total. The second kappa shape index (κ2) is 2.81. The van der Waals surface area contributed by atoms with E-state index in [0.29, 0.717) is 0 Å². The van der Waals surface area contributed by atoms with E-state index in [1.165, 1.54) is 25.7 Å². The number of hydrogen-bond donors (Lipinski definition) is 0. The Bertz CT molecular complexity index is 272. The van der Waals surface area contributed by atoms with Crippen molar-refractivity contribution in [3.8, 4) is 0 Å². The first kappa shape index (κ1) is 10.2. The molecule has 0 heteroatoms. The maximum atomic E-state index is 2.62. The molecule has 0 aromatic carbocycles. The van der Waals surface area contributed by atoms with Crippen molar-refractivity contribution in [2.24, 2.45) is 22.2 Å². The fraction of sp³-hybridized carbons (Fsp3) is 1.00. The Labute approximate surface area is 94.8 Å². The zero-order valence-corrected chi connectivity index (χ0v) is 10.7. The molecule has 2 unspecified atom stereocenters. The minimum atomic E-state index is 0.736. The second-order valence-corrected chi connectivity index (χ2v) is 7.19. The van der Waals surface area contributed by atoms with Crippen LogP contribution in [-0.4, -0.2) is 0 Å². The first-order chi connectivity index (χ1) is 7.10. The largest absolute Gasteiger partial charge is 0.0654 e. The van der Waals surface area contributed by atoms with Crippen molar-refractivity contribution in [3.63, 3.8) is 0 Å². The van der Waals surface area contributed by atoms with Crippen LogP contribution < -0.4 is 0 Å². The first-order valence-electron chi connectivity index (χ1n) is 7.10. The Balaban J connectivity index is 1.86. The van der Waals surface area contributed by atoms with E-state index in [4.69, 9.17) is 0 Å². The molecule has 0 nitrogen and oxygen atoms in total. The monoisotopic (exact) mass is 206 g/mol. The van der Waals surface area contributed by atoms with E-state index in [0.717, 1.165) is 22.2 Å². The molecule has 0 aliphatic heterocycles. The van der Waals surface area contributed by atoms with E-state index in [1.807, 2.05) is 0 Å². The average molecular weight is 206 g/mol. The molecule has 0 spiro atoms. The molecular formula is C15H26. The average Bonchev–Trinajstić information content (AvgIpc) is 2.68.